The lowest BCUT2D eigenvalue weighted by molar-refractivity contribution is -0.223. The van der Waals surface area contributed by atoms with Crippen molar-refractivity contribution in [3.05, 3.63) is 0 Å². The Hall–Kier alpha value is -0.740. The Balaban J connectivity index is 3.89. The lowest BCUT2D eigenvalue weighted by Gasteiger charge is -2.03. The van der Waals surface area contributed by atoms with Crippen LogP contribution in [-0.2, 0) is 0 Å². The van der Waals surface area contributed by atoms with Gasteiger partial charge in [0.15, 0.2) is 0 Å². The molecule has 48 valence electrons. The highest BCUT2D eigenvalue weighted by molar-refractivity contribution is 5.68. The van der Waals surface area contributed by atoms with E-state index in [1.807, 2.05) is 0 Å². The van der Waals surface area contributed by atoms with Crippen LogP contribution in [0.4, 0.5) is 13.2 Å². The van der Waals surface area contributed by atoms with Crippen molar-refractivity contribution in [1.82, 2.24) is 0 Å². The van der Waals surface area contributed by atoms with Crippen molar-refractivity contribution in [3.8, 4) is 0 Å². The Kier molecular flexibility index (Phi) is 1.83. The van der Waals surface area contributed by atoms with Crippen molar-refractivity contribution >= 4 is 5.90 Å². The quantitative estimate of drug-likeness (QED) is 0.261. The molecule has 0 saturated carbocycles. The molecule has 0 N–H and O–H groups in total. The summed E-state index contributed by atoms with van der Waals surface area (Å²) in [5, 5.41) is 9.57. The van der Waals surface area contributed by atoms with Gasteiger partial charge in [0, 0.05) is 0 Å². The van der Waals surface area contributed by atoms with Gasteiger partial charge in [0.25, 0.3) is 0 Å². The third-order valence-corrected chi connectivity index (χ3v) is 0.284. The van der Waals surface area contributed by atoms with E-state index in [9.17, 15) is 18.3 Å². The van der Waals surface area contributed by atoms with Gasteiger partial charge in [-0.1, -0.05) is 0 Å². The Labute approximate surface area is 43.7 Å². The molecule has 0 aromatic heterocycles. The molecule has 0 atom stereocenters. The molecule has 0 spiro atoms. The molecule has 0 fully saturated rings. The van der Waals surface area contributed by atoms with Gasteiger partial charge in [-0.3, -0.25) is 0 Å². The molecule has 0 rings (SSSR count). The molecule has 0 aliphatic carbocycles. The summed E-state index contributed by atoms with van der Waals surface area (Å²) >= 11 is 0. The van der Waals surface area contributed by atoms with Crippen LogP contribution in [0.3, 0.4) is 0 Å². The Morgan fingerprint density at radius 1 is 1.50 bits per heavy atom. The van der Waals surface area contributed by atoms with Crippen LogP contribution in [0.2, 0.25) is 0 Å². The molecule has 0 aliphatic rings. The van der Waals surface area contributed by atoms with Gasteiger partial charge in [-0.15, -0.1) is 13.2 Å². The summed E-state index contributed by atoms with van der Waals surface area (Å²) < 4.78 is 32.8. The van der Waals surface area contributed by atoms with E-state index in [4.69, 9.17) is 0 Å². The van der Waals surface area contributed by atoms with Crippen molar-refractivity contribution in [2.75, 3.05) is 0 Å². The lowest BCUT2D eigenvalue weighted by atomic mass is 10.8. The smallest absolute Gasteiger partial charge is 0.502 e. The van der Waals surface area contributed by atoms with Gasteiger partial charge in [-0.05, 0) is 12.8 Å². The Morgan fingerprint density at radius 3 is 1.88 bits per heavy atom. The van der Waals surface area contributed by atoms with E-state index in [2.05, 4.69) is 0 Å². The van der Waals surface area contributed by atoms with Crippen molar-refractivity contribution in [2.45, 2.75) is 13.2 Å². The molecule has 0 aliphatic heterocycles. The summed E-state index contributed by atoms with van der Waals surface area (Å²) in [4.78, 5) is 1.77. The van der Waals surface area contributed by atoms with Crippen molar-refractivity contribution in [1.29, 1.82) is 0 Å². The van der Waals surface area contributed by atoms with Gasteiger partial charge in [-0.2, -0.15) is 0 Å². The van der Waals surface area contributed by atoms with E-state index in [-0.39, 0.29) is 0 Å². The molecule has 0 aromatic rings. The van der Waals surface area contributed by atoms with Gasteiger partial charge in [-0.25, -0.2) is 4.99 Å². The number of halogens is 3. The van der Waals surface area contributed by atoms with Crippen LogP contribution in [0.25, 0.3) is 0 Å². The fraction of sp³-hybridized carbons (Fsp3) is 0.667. The first-order chi connectivity index (χ1) is 3.42. The minimum atomic E-state index is -4.70. The van der Waals surface area contributed by atoms with Gasteiger partial charge in [0.2, 0.25) is 0 Å². The van der Waals surface area contributed by atoms with E-state index in [1.165, 1.54) is 0 Å². The Bertz CT molecular complexity index is 102. The van der Waals surface area contributed by atoms with Crippen LogP contribution >= 0.6 is 0 Å². The summed E-state index contributed by atoms with van der Waals surface area (Å²) in [5.74, 6) is -1.22. The second-order valence-corrected chi connectivity index (χ2v) is 1.10. The molecule has 0 radical (unpaired) electrons. The number of aliphatic imine (C=N–C) groups is 1. The van der Waals surface area contributed by atoms with Gasteiger partial charge < -0.3 is 5.11 Å². The molecule has 0 amide bonds. The number of nitrogens with zero attached hydrogens (tertiary/aromatic N) is 1. The maximum absolute atomic E-state index is 10.9. The maximum Gasteiger partial charge on any atom is 0.502 e. The minimum absolute atomic E-state index is 0.744. The zero-order valence-electron chi connectivity index (χ0n) is 3.99. The average molecular weight is 126 g/mol. The molecular weight excluding hydrogens is 123 g/mol. The molecule has 0 saturated heterocycles. The Morgan fingerprint density at radius 2 is 1.88 bits per heavy atom. The minimum Gasteiger partial charge on any atom is -0.862 e. The number of alkyl halides is 3. The number of rotatable bonds is 0. The summed E-state index contributed by atoms with van der Waals surface area (Å²) in [7, 11) is 0. The first-order valence-corrected chi connectivity index (χ1v) is 1.72. The van der Waals surface area contributed by atoms with Crippen LogP contribution in [0, 0.1) is 0 Å². The van der Waals surface area contributed by atoms with Crippen molar-refractivity contribution in [3.63, 3.8) is 0 Å². The largest absolute Gasteiger partial charge is 0.862 e. The van der Waals surface area contributed by atoms with Crippen molar-refractivity contribution in [2.24, 2.45) is 4.99 Å². The number of hydrogen-bond donors (Lipinski definition) is 0. The van der Waals surface area contributed by atoms with Crippen LogP contribution in [0.1, 0.15) is 6.92 Å². The highest BCUT2D eigenvalue weighted by Gasteiger charge is 2.24. The first-order valence-electron chi connectivity index (χ1n) is 1.72. The average Bonchev–Trinajstić information content (AvgIpc) is 1.21. The molecule has 0 aromatic carbocycles. The standard InChI is InChI=1S/C3H4F3NO/c1-2(8)7-3(4,5)6/h1H3,(H,7,8)/p-1. The highest BCUT2D eigenvalue weighted by Crippen LogP contribution is 2.15. The summed E-state index contributed by atoms with van der Waals surface area (Å²) in [6, 6.07) is 0. The van der Waals surface area contributed by atoms with E-state index >= 15 is 0 Å². The summed E-state index contributed by atoms with van der Waals surface area (Å²) in [6.07, 6.45) is -4.70. The maximum atomic E-state index is 10.9. The van der Waals surface area contributed by atoms with E-state index in [1.54, 1.807) is 4.99 Å². The fourth-order valence-corrected chi connectivity index (χ4v) is 0.179. The monoisotopic (exact) mass is 126 g/mol. The van der Waals surface area contributed by atoms with Gasteiger partial charge >= 0.3 is 6.30 Å². The normalized spacial score (nSPS) is 14.2. The summed E-state index contributed by atoms with van der Waals surface area (Å²) in [6.45, 7) is 0.744. The molecule has 5 heteroatoms. The molecular formula is C3H3F3NO-. The molecule has 0 bridgehead atoms. The van der Waals surface area contributed by atoms with E-state index in [0.717, 1.165) is 6.92 Å². The predicted octanol–water partition coefficient (Wildman–Crippen LogP) is 0.285. The number of hydrogen-bond acceptors (Lipinski definition) is 2. The van der Waals surface area contributed by atoms with Crippen LogP contribution < -0.4 is 5.11 Å². The molecule has 8 heavy (non-hydrogen) atoms. The van der Waals surface area contributed by atoms with Crippen LogP contribution in [0.15, 0.2) is 4.99 Å². The van der Waals surface area contributed by atoms with E-state index in [0.29, 0.717) is 0 Å². The van der Waals surface area contributed by atoms with E-state index < -0.39 is 12.2 Å². The van der Waals surface area contributed by atoms with Crippen LogP contribution in [-0.4, -0.2) is 12.2 Å². The molecule has 0 heterocycles. The third-order valence-electron chi connectivity index (χ3n) is 0.284. The second-order valence-electron chi connectivity index (χ2n) is 1.10. The molecule has 2 nitrogen and oxygen atoms in total. The van der Waals surface area contributed by atoms with Crippen molar-refractivity contribution < 1.29 is 18.3 Å². The second kappa shape index (κ2) is 2.02. The third kappa shape index (κ3) is 5.26. The first kappa shape index (κ1) is 7.26. The lowest BCUT2D eigenvalue weighted by Crippen LogP contribution is -2.17. The SMILES string of the molecule is CC([O-])=NC(F)(F)F. The van der Waals surface area contributed by atoms with Gasteiger partial charge in [0.05, 0.1) is 0 Å². The van der Waals surface area contributed by atoms with Gasteiger partial charge in [0.1, 0.15) is 0 Å². The zero-order valence-corrected chi connectivity index (χ0v) is 3.99. The van der Waals surface area contributed by atoms with Crippen LogP contribution in [0.5, 0.6) is 0 Å². The predicted molar refractivity (Wildman–Crippen MR) is 19.2 cm³/mol. The topological polar surface area (TPSA) is 35.4 Å². The zero-order chi connectivity index (χ0) is 6.78. The summed E-state index contributed by atoms with van der Waals surface area (Å²) in [5.41, 5.74) is 0. The molecule has 0 unspecified atom stereocenters. The fourth-order valence-electron chi connectivity index (χ4n) is 0.179. The highest BCUT2D eigenvalue weighted by atomic mass is 19.4.